The summed E-state index contributed by atoms with van der Waals surface area (Å²) in [6.45, 7) is 9.70. The third-order valence-electron chi connectivity index (χ3n) is 2.52. The van der Waals surface area contributed by atoms with Crippen LogP contribution >= 0.6 is 0 Å². The molecule has 0 radical (unpaired) electrons. The molecule has 0 aromatic heterocycles. The second-order valence-electron chi connectivity index (χ2n) is 4.67. The third-order valence-corrected chi connectivity index (χ3v) is 2.52. The van der Waals surface area contributed by atoms with Crippen molar-refractivity contribution in [3.8, 4) is 0 Å². The number of hydrogen-bond donors (Lipinski definition) is 0. The molecule has 0 aromatic rings. The summed E-state index contributed by atoms with van der Waals surface area (Å²) >= 11 is 0. The number of carbonyl (C=O) groups is 2. The van der Waals surface area contributed by atoms with Gasteiger partial charge in [0, 0.05) is 12.0 Å². The fraction of sp³-hybridized carbons (Fsp3) is 0.636. The van der Waals surface area contributed by atoms with Crippen molar-refractivity contribution in [2.75, 3.05) is 6.54 Å². The number of nitrogens with zero attached hydrogens (tertiary/aromatic N) is 1. The third kappa shape index (κ3) is 1.86. The van der Waals surface area contributed by atoms with Crippen LogP contribution in [0.3, 0.4) is 0 Å². The average Bonchev–Trinajstić information content (AvgIpc) is 2.43. The van der Waals surface area contributed by atoms with E-state index < -0.39 is 11.3 Å². The van der Waals surface area contributed by atoms with E-state index in [9.17, 15) is 9.59 Å². The van der Waals surface area contributed by atoms with Crippen LogP contribution in [0.1, 0.15) is 27.2 Å². The molecule has 0 spiro atoms. The molecule has 1 heterocycles. The van der Waals surface area contributed by atoms with E-state index >= 15 is 0 Å². The normalized spacial score (nSPS) is 22.6. The number of rotatable bonds is 2. The van der Waals surface area contributed by atoms with Crippen molar-refractivity contribution in [3.05, 3.63) is 12.8 Å². The molecular formula is C11H17NO2. The van der Waals surface area contributed by atoms with Crippen LogP contribution in [-0.4, -0.2) is 23.1 Å². The van der Waals surface area contributed by atoms with Gasteiger partial charge in [-0.3, -0.25) is 9.59 Å². The van der Waals surface area contributed by atoms with Gasteiger partial charge in [0.05, 0.1) is 5.92 Å². The predicted molar refractivity (Wildman–Crippen MR) is 54.5 cm³/mol. The van der Waals surface area contributed by atoms with E-state index in [2.05, 4.69) is 6.58 Å². The van der Waals surface area contributed by atoms with E-state index in [1.54, 1.807) is 0 Å². The number of Topliss-reactive ketones (excluding diaryl/α,β-unsaturated/α-hetero) is 1. The molecule has 1 aliphatic heterocycles. The van der Waals surface area contributed by atoms with Gasteiger partial charge in [-0.25, -0.2) is 0 Å². The monoisotopic (exact) mass is 195 g/mol. The summed E-state index contributed by atoms with van der Waals surface area (Å²) in [4.78, 5) is 25.0. The first-order chi connectivity index (χ1) is 6.38. The Balaban J connectivity index is 2.78. The second-order valence-corrected chi connectivity index (χ2v) is 4.67. The van der Waals surface area contributed by atoms with Crippen molar-refractivity contribution in [1.82, 2.24) is 4.90 Å². The molecule has 3 heteroatoms. The van der Waals surface area contributed by atoms with E-state index in [1.165, 1.54) is 11.1 Å². The van der Waals surface area contributed by atoms with Crippen LogP contribution in [0.15, 0.2) is 12.8 Å². The molecule has 78 valence electrons. The van der Waals surface area contributed by atoms with Crippen molar-refractivity contribution in [3.63, 3.8) is 0 Å². The highest BCUT2D eigenvalue weighted by Gasteiger charge is 2.40. The first-order valence-corrected chi connectivity index (χ1v) is 4.85. The van der Waals surface area contributed by atoms with Crippen LogP contribution < -0.4 is 0 Å². The van der Waals surface area contributed by atoms with Gasteiger partial charge in [-0.15, -0.1) is 0 Å². The van der Waals surface area contributed by atoms with Gasteiger partial charge in [-0.2, -0.15) is 0 Å². The summed E-state index contributed by atoms with van der Waals surface area (Å²) < 4.78 is 0. The van der Waals surface area contributed by atoms with Crippen molar-refractivity contribution in [2.45, 2.75) is 27.2 Å². The van der Waals surface area contributed by atoms with Crippen LogP contribution in [0.25, 0.3) is 0 Å². The molecular weight excluding hydrogens is 178 g/mol. The van der Waals surface area contributed by atoms with E-state index in [0.29, 0.717) is 13.0 Å². The SMILES string of the molecule is C=CN1CCC(C(=O)C(C)(C)C)C1=O. The maximum absolute atomic E-state index is 11.9. The minimum Gasteiger partial charge on any atom is -0.319 e. The van der Waals surface area contributed by atoms with Crippen LogP contribution in [0.2, 0.25) is 0 Å². The molecule has 0 bridgehead atoms. The van der Waals surface area contributed by atoms with Crippen LogP contribution in [-0.2, 0) is 9.59 Å². The summed E-state index contributed by atoms with van der Waals surface area (Å²) in [6, 6.07) is 0. The van der Waals surface area contributed by atoms with Gasteiger partial charge < -0.3 is 4.90 Å². The lowest BCUT2D eigenvalue weighted by Crippen LogP contribution is -2.33. The second kappa shape index (κ2) is 3.56. The standard InChI is InChI=1S/C11H17NO2/c1-5-12-7-6-8(10(12)14)9(13)11(2,3)4/h5,8H,1,6-7H2,2-4H3. The predicted octanol–water partition coefficient (Wildman–Crippen LogP) is 1.59. The van der Waals surface area contributed by atoms with Crippen molar-refractivity contribution in [2.24, 2.45) is 11.3 Å². The topological polar surface area (TPSA) is 37.4 Å². The van der Waals surface area contributed by atoms with Gasteiger partial charge >= 0.3 is 0 Å². The molecule has 1 atom stereocenters. The van der Waals surface area contributed by atoms with E-state index in [4.69, 9.17) is 0 Å². The molecule has 1 aliphatic rings. The summed E-state index contributed by atoms with van der Waals surface area (Å²) in [5.41, 5.74) is -0.433. The summed E-state index contributed by atoms with van der Waals surface area (Å²) in [7, 11) is 0. The highest BCUT2D eigenvalue weighted by Crippen LogP contribution is 2.27. The van der Waals surface area contributed by atoms with Gasteiger partial charge in [-0.1, -0.05) is 27.4 Å². The fourth-order valence-electron chi connectivity index (χ4n) is 1.65. The number of carbonyl (C=O) groups excluding carboxylic acids is 2. The lowest BCUT2D eigenvalue weighted by atomic mass is 9.82. The maximum Gasteiger partial charge on any atom is 0.237 e. The lowest BCUT2D eigenvalue weighted by Gasteiger charge is -2.20. The van der Waals surface area contributed by atoms with Gasteiger partial charge in [-0.05, 0) is 12.6 Å². The van der Waals surface area contributed by atoms with Gasteiger partial charge in [0.1, 0.15) is 0 Å². The van der Waals surface area contributed by atoms with Gasteiger partial charge in [0.15, 0.2) is 5.78 Å². The van der Waals surface area contributed by atoms with Crippen molar-refractivity contribution < 1.29 is 9.59 Å². The molecule has 1 fully saturated rings. The van der Waals surface area contributed by atoms with Crippen molar-refractivity contribution in [1.29, 1.82) is 0 Å². The molecule has 0 saturated carbocycles. The highest BCUT2D eigenvalue weighted by atomic mass is 16.2. The zero-order valence-electron chi connectivity index (χ0n) is 9.04. The zero-order valence-corrected chi connectivity index (χ0v) is 9.04. The Bertz CT molecular complexity index is 276. The highest BCUT2D eigenvalue weighted by molar-refractivity contribution is 6.05. The molecule has 1 amide bonds. The summed E-state index contributed by atoms with van der Waals surface area (Å²) in [6.07, 6.45) is 2.12. The quantitative estimate of drug-likeness (QED) is 0.627. The first kappa shape index (κ1) is 11.0. The minimum atomic E-state index is -0.451. The zero-order chi connectivity index (χ0) is 10.9. The number of likely N-dealkylation sites (tertiary alicyclic amines) is 1. The Labute approximate surface area is 84.8 Å². The molecule has 1 rings (SSSR count). The average molecular weight is 195 g/mol. The number of amides is 1. The van der Waals surface area contributed by atoms with Gasteiger partial charge in [0.25, 0.3) is 0 Å². The Morgan fingerprint density at radius 3 is 2.50 bits per heavy atom. The van der Waals surface area contributed by atoms with Crippen LogP contribution in [0, 0.1) is 11.3 Å². The molecule has 1 unspecified atom stereocenters. The Hall–Kier alpha value is -1.12. The number of hydrogen-bond acceptors (Lipinski definition) is 2. The van der Waals surface area contributed by atoms with E-state index in [-0.39, 0.29) is 11.7 Å². The molecule has 1 saturated heterocycles. The summed E-state index contributed by atoms with van der Waals surface area (Å²) in [5, 5.41) is 0. The smallest absolute Gasteiger partial charge is 0.237 e. The first-order valence-electron chi connectivity index (χ1n) is 4.85. The lowest BCUT2D eigenvalue weighted by molar-refractivity contribution is -0.139. The molecule has 3 nitrogen and oxygen atoms in total. The fourth-order valence-corrected chi connectivity index (χ4v) is 1.65. The van der Waals surface area contributed by atoms with E-state index in [1.807, 2.05) is 20.8 Å². The largest absolute Gasteiger partial charge is 0.319 e. The summed E-state index contributed by atoms with van der Waals surface area (Å²) in [5.74, 6) is -0.514. The molecule has 0 aliphatic carbocycles. The Morgan fingerprint density at radius 2 is 2.14 bits per heavy atom. The Morgan fingerprint density at radius 1 is 1.57 bits per heavy atom. The molecule has 14 heavy (non-hydrogen) atoms. The number of ketones is 1. The van der Waals surface area contributed by atoms with Crippen LogP contribution in [0.4, 0.5) is 0 Å². The van der Waals surface area contributed by atoms with Gasteiger partial charge in [0.2, 0.25) is 5.91 Å². The minimum absolute atomic E-state index is 0.0341. The van der Waals surface area contributed by atoms with Crippen molar-refractivity contribution >= 4 is 11.7 Å². The molecule has 0 N–H and O–H groups in total. The maximum atomic E-state index is 11.9. The Kier molecular flexibility index (Phi) is 2.79. The van der Waals surface area contributed by atoms with E-state index in [0.717, 1.165) is 0 Å². The molecule has 0 aromatic carbocycles. The van der Waals surface area contributed by atoms with Crippen LogP contribution in [0.5, 0.6) is 0 Å².